The predicted molar refractivity (Wildman–Crippen MR) is 132 cm³/mol. The number of hydrogen-bond donors (Lipinski definition) is 2. The summed E-state index contributed by atoms with van der Waals surface area (Å²) in [5.74, 6) is 0.970. The maximum Gasteiger partial charge on any atom is 0.257 e. The van der Waals surface area contributed by atoms with E-state index in [1.54, 1.807) is 28.8 Å². The van der Waals surface area contributed by atoms with Crippen LogP contribution in [0.25, 0.3) is 5.78 Å². The first-order valence-corrected chi connectivity index (χ1v) is 13.6. The minimum atomic E-state index is -3.79. The van der Waals surface area contributed by atoms with Crippen LogP contribution in [-0.4, -0.2) is 45.7 Å². The molecule has 0 spiro atoms. The van der Waals surface area contributed by atoms with E-state index in [1.807, 2.05) is 31.4 Å². The second-order valence-corrected chi connectivity index (χ2v) is 10.6. The summed E-state index contributed by atoms with van der Waals surface area (Å²) in [6.45, 7) is 4.16. The van der Waals surface area contributed by atoms with Crippen LogP contribution in [0.2, 0.25) is 0 Å². The maximum atomic E-state index is 12.9. The molecule has 0 atom stereocenters. The van der Waals surface area contributed by atoms with E-state index in [0.717, 1.165) is 36.3 Å². The Balaban J connectivity index is 1.48. The SMILES string of the molecule is CSc1nc2nc3c(c(NNS(=O)(=O)c4ccc(C)cc4)n2n1)CN(Cc1ccccc1)CC3. The van der Waals surface area contributed by atoms with E-state index < -0.39 is 10.0 Å². The van der Waals surface area contributed by atoms with Gasteiger partial charge in [-0.25, -0.2) is 13.4 Å². The van der Waals surface area contributed by atoms with Crippen LogP contribution in [0, 0.1) is 6.92 Å². The zero-order chi connectivity index (χ0) is 23.7. The number of hydrazine groups is 1. The van der Waals surface area contributed by atoms with Gasteiger partial charge in [0.25, 0.3) is 15.8 Å². The molecule has 0 saturated heterocycles. The molecule has 2 aromatic carbocycles. The summed E-state index contributed by atoms with van der Waals surface area (Å²) in [5, 5.41) is 5.09. The van der Waals surface area contributed by atoms with Gasteiger partial charge in [0.15, 0.2) is 5.82 Å². The highest BCUT2D eigenvalue weighted by atomic mass is 32.2. The van der Waals surface area contributed by atoms with Crippen LogP contribution in [0.4, 0.5) is 5.82 Å². The van der Waals surface area contributed by atoms with Gasteiger partial charge in [-0.05, 0) is 30.9 Å². The molecule has 5 rings (SSSR count). The van der Waals surface area contributed by atoms with E-state index in [0.29, 0.717) is 23.3 Å². The summed E-state index contributed by atoms with van der Waals surface area (Å²) in [6.07, 6.45) is 2.63. The van der Waals surface area contributed by atoms with Crippen LogP contribution >= 0.6 is 11.8 Å². The van der Waals surface area contributed by atoms with Crippen molar-refractivity contribution in [3.05, 3.63) is 77.0 Å². The number of nitrogens with one attached hydrogen (secondary N) is 2. The van der Waals surface area contributed by atoms with Crippen molar-refractivity contribution >= 4 is 33.4 Å². The number of hydrogen-bond acceptors (Lipinski definition) is 8. The van der Waals surface area contributed by atoms with Crippen LogP contribution < -0.4 is 10.3 Å². The zero-order valence-corrected chi connectivity index (χ0v) is 20.5. The Morgan fingerprint density at radius 3 is 2.56 bits per heavy atom. The first kappa shape index (κ1) is 22.8. The van der Waals surface area contributed by atoms with Crippen LogP contribution in [-0.2, 0) is 29.5 Å². The molecule has 3 heterocycles. The Labute approximate surface area is 202 Å². The Kier molecular flexibility index (Phi) is 6.26. The molecule has 0 aliphatic carbocycles. The van der Waals surface area contributed by atoms with Gasteiger partial charge >= 0.3 is 0 Å². The van der Waals surface area contributed by atoms with Gasteiger partial charge in [0.1, 0.15) is 0 Å². The lowest BCUT2D eigenvalue weighted by Crippen LogP contribution is -2.35. The first-order valence-electron chi connectivity index (χ1n) is 10.9. The largest absolute Gasteiger partial charge is 0.294 e. The highest BCUT2D eigenvalue weighted by Gasteiger charge is 2.26. The smallest absolute Gasteiger partial charge is 0.257 e. The zero-order valence-electron chi connectivity index (χ0n) is 18.9. The summed E-state index contributed by atoms with van der Waals surface area (Å²) in [6, 6.07) is 17.0. The van der Waals surface area contributed by atoms with E-state index in [1.165, 1.54) is 17.3 Å². The van der Waals surface area contributed by atoms with E-state index in [-0.39, 0.29) is 4.90 Å². The number of sulfonamides is 1. The van der Waals surface area contributed by atoms with Gasteiger partial charge in [0.2, 0.25) is 5.16 Å². The monoisotopic (exact) mass is 495 g/mol. The number of benzene rings is 2. The molecule has 1 aliphatic heterocycles. The van der Waals surface area contributed by atoms with E-state index in [2.05, 4.69) is 37.4 Å². The number of aryl methyl sites for hydroxylation is 1. The molecule has 2 N–H and O–H groups in total. The Morgan fingerprint density at radius 2 is 1.82 bits per heavy atom. The average molecular weight is 496 g/mol. The molecule has 0 bridgehead atoms. The van der Waals surface area contributed by atoms with E-state index in [4.69, 9.17) is 4.98 Å². The molecule has 9 nitrogen and oxygen atoms in total. The quantitative estimate of drug-likeness (QED) is 0.298. The van der Waals surface area contributed by atoms with Gasteiger partial charge in [-0.15, -0.1) is 9.93 Å². The lowest BCUT2D eigenvalue weighted by molar-refractivity contribution is 0.243. The topological polar surface area (TPSA) is 105 Å². The molecule has 34 heavy (non-hydrogen) atoms. The van der Waals surface area contributed by atoms with Gasteiger partial charge in [-0.2, -0.15) is 9.50 Å². The average Bonchev–Trinajstić information content (AvgIpc) is 3.26. The van der Waals surface area contributed by atoms with Crippen molar-refractivity contribution in [2.45, 2.75) is 36.5 Å². The standard InChI is InChI=1S/C23H25N7O2S2/c1-16-8-10-18(11-9-16)34(31,32)28-26-21-19-15-29(14-17-6-4-3-5-7-17)13-12-20(19)24-22-25-23(33-2)27-30(21)22/h3-11,26,28H,12-15H2,1-2H3. The molecule has 0 amide bonds. The van der Waals surface area contributed by atoms with Gasteiger partial charge in [0.05, 0.1) is 10.6 Å². The Bertz CT molecular complexity index is 1420. The molecular weight excluding hydrogens is 470 g/mol. The minimum Gasteiger partial charge on any atom is -0.294 e. The lowest BCUT2D eigenvalue weighted by Gasteiger charge is -2.29. The minimum absolute atomic E-state index is 0.180. The number of fused-ring (bicyclic) bond motifs is 2. The predicted octanol–water partition coefficient (Wildman–Crippen LogP) is 3.02. The third kappa shape index (κ3) is 4.64. The van der Waals surface area contributed by atoms with Crippen LogP contribution in [0.1, 0.15) is 22.4 Å². The lowest BCUT2D eigenvalue weighted by atomic mass is 10.1. The molecule has 1 aliphatic rings. The third-order valence-corrected chi connectivity index (χ3v) is 7.57. The van der Waals surface area contributed by atoms with Crippen molar-refractivity contribution < 1.29 is 8.42 Å². The number of rotatable bonds is 7. The molecule has 11 heteroatoms. The first-order chi connectivity index (χ1) is 16.4. The number of thioether (sulfide) groups is 1. The van der Waals surface area contributed by atoms with Crippen LogP contribution in [0.5, 0.6) is 0 Å². The molecular formula is C23H25N7O2S2. The number of anilines is 1. The second-order valence-electron chi connectivity index (χ2n) is 8.19. The fourth-order valence-electron chi connectivity index (χ4n) is 3.98. The summed E-state index contributed by atoms with van der Waals surface area (Å²) in [7, 11) is -3.79. The molecule has 0 unspecified atom stereocenters. The third-order valence-electron chi connectivity index (χ3n) is 5.76. The Morgan fingerprint density at radius 1 is 1.06 bits per heavy atom. The highest BCUT2D eigenvalue weighted by molar-refractivity contribution is 7.98. The number of nitrogens with zero attached hydrogens (tertiary/aromatic N) is 5. The fraction of sp³-hybridized carbons (Fsp3) is 0.261. The van der Waals surface area contributed by atoms with Crippen LogP contribution in [0.15, 0.2) is 64.6 Å². The summed E-state index contributed by atoms with van der Waals surface area (Å²) >= 11 is 1.41. The molecule has 4 aromatic rings. The summed E-state index contributed by atoms with van der Waals surface area (Å²) < 4.78 is 27.5. The summed E-state index contributed by atoms with van der Waals surface area (Å²) in [4.78, 5) is 14.2. The highest BCUT2D eigenvalue weighted by Crippen LogP contribution is 2.27. The van der Waals surface area contributed by atoms with Crippen molar-refractivity contribution in [2.75, 3.05) is 18.2 Å². The molecule has 0 radical (unpaired) electrons. The van der Waals surface area contributed by atoms with Crippen molar-refractivity contribution in [2.24, 2.45) is 0 Å². The summed E-state index contributed by atoms with van der Waals surface area (Å²) in [5.41, 5.74) is 6.95. The molecule has 2 aromatic heterocycles. The van der Waals surface area contributed by atoms with Crippen molar-refractivity contribution in [1.82, 2.24) is 29.3 Å². The second kappa shape index (κ2) is 9.34. The van der Waals surface area contributed by atoms with Gasteiger partial charge in [-0.3, -0.25) is 10.3 Å². The van der Waals surface area contributed by atoms with Crippen LogP contribution in [0.3, 0.4) is 0 Å². The molecule has 0 saturated carbocycles. The van der Waals surface area contributed by atoms with Crippen molar-refractivity contribution in [1.29, 1.82) is 0 Å². The number of aromatic nitrogens is 4. The van der Waals surface area contributed by atoms with E-state index in [9.17, 15) is 8.42 Å². The molecule has 176 valence electrons. The van der Waals surface area contributed by atoms with E-state index >= 15 is 0 Å². The van der Waals surface area contributed by atoms with Gasteiger partial charge in [0, 0.05) is 31.6 Å². The normalized spacial score (nSPS) is 14.3. The van der Waals surface area contributed by atoms with Crippen molar-refractivity contribution in [3.8, 4) is 0 Å². The fourth-order valence-corrected chi connectivity index (χ4v) is 5.16. The molecule has 0 fully saturated rings. The van der Waals surface area contributed by atoms with Gasteiger partial charge in [-0.1, -0.05) is 59.8 Å². The maximum absolute atomic E-state index is 12.9. The van der Waals surface area contributed by atoms with Gasteiger partial charge < -0.3 is 0 Å². The Hall–Kier alpha value is -2.99. The van der Waals surface area contributed by atoms with Crippen molar-refractivity contribution in [3.63, 3.8) is 0 Å².